The molecule has 0 saturated carbocycles. The Kier molecular flexibility index (Phi) is 4.39. The number of hydrogen-bond acceptors (Lipinski definition) is 3. The van der Waals surface area contributed by atoms with Gasteiger partial charge in [0.1, 0.15) is 12.1 Å². The molecule has 2 atom stereocenters. The molecule has 5 heteroatoms. The van der Waals surface area contributed by atoms with Crippen molar-refractivity contribution in [2.24, 2.45) is 5.92 Å². The molecule has 1 aromatic carbocycles. The van der Waals surface area contributed by atoms with E-state index in [2.05, 4.69) is 5.32 Å². The van der Waals surface area contributed by atoms with Crippen molar-refractivity contribution in [2.45, 2.75) is 38.8 Å². The van der Waals surface area contributed by atoms with Gasteiger partial charge in [-0.25, -0.2) is 5.06 Å². The number of carbonyl (C=O) groups is 2. The van der Waals surface area contributed by atoms with Crippen LogP contribution in [0, 0.1) is 5.92 Å². The van der Waals surface area contributed by atoms with E-state index in [-0.39, 0.29) is 11.8 Å². The number of rotatable bonds is 4. The first kappa shape index (κ1) is 14.5. The number of amides is 2. The van der Waals surface area contributed by atoms with Gasteiger partial charge in [-0.2, -0.15) is 0 Å². The van der Waals surface area contributed by atoms with Crippen molar-refractivity contribution >= 4 is 11.8 Å². The maximum absolute atomic E-state index is 12.1. The van der Waals surface area contributed by atoms with Crippen LogP contribution < -0.4 is 5.32 Å². The van der Waals surface area contributed by atoms with Crippen LogP contribution in [0.3, 0.4) is 0 Å². The van der Waals surface area contributed by atoms with Gasteiger partial charge in [0.05, 0.1) is 0 Å². The first-order valence-electron chi connectivity index (χ1n) is 6.85. The SMILES string of the molecule is CC(C)C[C@@H]1C(=O)N[C@@H](Cc2ccccc2)C(=O)N1O. The van der Waals surface area contributed by atoms with Gasteiger partial charge in [0.15, 0.2) is 0 Å². The summed E-state index contributed by atoms with van der Waals surface area (Å²) < 4.78 is 0. The quantitative estimate of drug-likeness (QED) is 0.816. The summed E-state index contributed by atoms with van der Waals surface area (Å²) in [6, 6.07) is 7.95. The van der Waals surface area contributed by atoms with Gasteiger partial charge < -0.3 is 5.32 Å². The third kappa shape index (κ3) is 3.17. The van der Waals surface area contributed by atoms with Gasteiger partial charge >= 0.3 is 0 Å². The van der Waals surface area contributed by atoms with E-state index in [0.29, 0.717) is 17.9 Å². The second-order valence-corrected chi connectivity index (χ2v) is 5.58. The lowest BCUT2D eigenvalue weighted by Gasteiger charge is -2.35. The third-order valence-electron chi connectivity index (χ3n) is 3.42. The summed E-state index contributed by atoms with van der Waals surface area (Å²) in [6.07, 6.45) is 0.836. The number of piperazine rings is 1. The third-order valence-corrected chi connectivity index (χ3v) is 3.42. The zero-order valence-electron chi connectivity index (χ0n) is 11.7. The summed E-state index contributed by atoms with van der Waals surface area (Å²) in [5.74, 6) is -0.514. The topological polar surface area (TPSA) is 69.6 Å². The largest absolute Gasteiger partial charge is 0.342 e. The van der Waals surface area contributed by atoms with Crippen molar-refractivity contribution in [1.82, 2.24) is 10.4 Å². The Morgan fingerprint density at radius 1 is 1.25 bits per heavy atom. The van der Waals surface area contributed by atoms with Crippen molar-refractivity contribution < 1.29 is 14.8 Å². The van der Waals surface area contributed by atoms with Gasteiger partial charge in [-0.05, 0) is 17.9 Å². The van der Waals surface area contributed by atoms with Gasteiger partial charge in [0.2, 0.25) is 5.91 Å². The van der Waals surface area contributed by atoms with Gasteiger partial charge in [-0.3, -0.25) is 14.8 Å². The van der Waals surface area contributed by atoms with E-state index in [4.69, 9.17) is 0 Å². The molecule has 1 aliphatic heterocycles. The van der Waals surface area contributed by atoms with Crippen LogP contribution in [0.4, 0.5) is 0 Å². The molecule has 2 amide bonds. The number of hydrogen-bond donors (Lipinski definition) is 2. The summed E-state index contributed by atoms with van der Waals surface area (Å²) >= 11 is 0. The summed E-state index contributed by atoms with van der Waals surface area (Å²) in [4.78, 5) is 24.1. The van der Waals surface area contributed by atoms with E-state index in [0.717, 1.165) is 5.56 Å². The molecule has 0 aliphatic carbocycles. The average Bonchev–Trinajstić information content (AvgIpc) is 2.42. The predicted molar refractivity (Wildman–Crippen MR) is 74.0 cm³/mol. The minimum Gasteiger partial charge on any atom is -0.342 e. The molecule has 1 heterocycles. The van der Waals surface area contributed by atoms with Gasteiger partial charge in [-0.1, -0.05) is 44.2 Å². The zero-order chi connectivity index (χ0) is 14.7. The van der Waals surface area contributed by atoms with Crippen LogP contribution in [0.25, 0.3) is 0 Å². The Morgan fingerprint density at radius 3 is 2.50 bits per heavy atom. The van der Waals surface area contributed by atoms with E-state index in [9.17, 15) is 14.8 Å². The Labute approximate surface area is 118 Å². The Morgan fingerprint density at radius 2 is 1.90 bits per heavy atom. The average molecular weight is 276 g/mol. The molecule has 0 unspecified atom stereocenters. The van der Waals surface area contributed by atoms with Crippen molar-refractivity contribution in [3.05, 3.63) is 35.9 Å². The van der Waals surface area contributed by atoms with E-state index in [1.165, 1.54) is 0 Å². The molecule has 20 heavy (non-hydrogen) atoms. The molecule has 1 fully saturated rings. The Bertz CT molecular complexity index is 487. The van der Waals surface area contributed by atoms with Gasteiger partial charge in [0.25, 0.3) is 5.91 Å². The lowest BCUT2D eigenvalue weighted by molar-refractivity contribution is -0.190. The maximum Gasteiger partial charge on any atom is 0.269 e. The van der Waals surface area contributed by atoms with E-state index < -0.39 is 18.0 Å². The van der Waals surface area contributed by atoms with Crippen LogP contribution in [-0.2, 0) is 16.0 Å². The highest BCUT2D eigenvalue weighted by molar-refractivity contribution is 5.96. The monoisotopic (exact) mass is 276 g/mol. The summed E-state index contributed by atoms with van der Waals surface area (Å²) in [5, 5.41) is 13.2. The second kappa shape index (κ2) is 6.05. The highest BCUT2D eigenvalue weighted by atomic mass is 16.5. The highest BCUT2D eigenvalue weighted by Crippen LogP contribution is 2.17. The first-order chi connectivity index (χ1) is 9.49. The van der Waals surface area contributed by atoms with Crippen molar-refractivity contribution in [2.75, 3.05) is 0 Å². The Hall–Kier alpha value is -1.88. The molecule has 1 saturated heterocycles. The van der Waals surface area contributed by atoms with Crippen molar-refractivity contribution in [1.29, 1.82) is 0 Å². The molecule has 0 spiro atoms. The number of nitrogens with zero attached hydrogens (tertiary/aromatic N) is 1. The number of benzene rings is 1. The Balaban J connectivity index is 2.08. The summed E-state index contributed by atoms with van der Waals surface area (Å²) in [7, 11) is 0. The van der Waals surface area contributed by atoms with E-state index in [1.54, 1.807) is 0 Å². The lowest BCUT2D eigenvalue weighted by atomic mass is 9.97. The molecule has 2 N–H and O–H groups in total. The summed E-state index contributed by atoms with van der Waals surface area (Å²) in [5.41, 5.74) is 0.946. The fourth-order valence-corrected chi connectivity index (χ4v) is 2.40. The maximum atomic E-state index is 12.1. The van der Waals surface area contributed by atoms with Crippen LogP contribution in [0.1, 0.15) is 25.8 Å². The molecular formula is C15H20N2O3. The van der Waals surface area contributed by atoms with Crippen LogP contribution in [0.15, 0.2) is 30.3 Å². The molecule has 0 bridgehead atoms. The highest BCUT2D eigenvalue weighted by Gasteiger charge is 2.40. The summed E-state index contributed by atoms with van der Waals surface area (Å²) in [6.45, 7) is 3.89. The molecule has 0 radical (unpaired) electrons. The molecule has 1 aliphatic rings. The standard InChI is InChI=1S/C15H20N2O3/c1-10(2)8-13-14(18)16-12(15(19)17(13)20)9-11-6-4-3-5-7-11/h3-7,10,12-13,20H,8-9H2,1-2H3,(H,16,18)/t12-,13+/m0/s1. The smallest absolute Gasteiger partial charge is 0.269 e. The van der Waals surface area contributed by atoms with Crippen molar-refractivity contribution in [3.63, 3.8) is 0 Å². The fraction of sp³-hybridized carbons (Fsp3) is 0.467. The normalized spacial score (nSPS) is 23.1. The first-order valence-corrected chi connectivity index (χ1v) is 6.85. The fourth-order valence-electron chi connectivity index (χ4n) is 2.40. The second-order valence-electron chi connectivity index (χ2n) is 5.58. The minimum absolute atomic E-state index is 0.221. The van der Waals surface area contributed by atoms with Crippen LogP contribution in [-0.4, -0.2) is 34.2 Å². The molecule has 0 aromatic heterocycles. The number of nitrogens with one attached hydrogen (secondary N) is 1. The van der Waals surface area contributed by atoms with Gasteiger partial charge in [0, 0.05) is 6.42 Å². The number of carbonyl (C=O) groups excluding carboxylic acids is 2. The van der Waals surface area contributed by atoms with Crippen LogP contribution >= 0.6 is 0 Å². The van der Waals surface area contributed by atoms with Crippen LogP contribution in [0.5, 0.6) is 0 Å². The number of hydroxylamine groups is 2. The van der Waals surface area contributed by atoms with E-state index in [1.807, 2.05) is 44.2 Å². The molecular weight excluding hydrogens is 256 g/mol. The van der Waals surface area contributed by atoms with Crippen LogP contribution in [0.2, 0.25) is 0 Å². The zero-order valence-corrected chi connectivity index (χ0v) is 11.7. The lowest BCUT2D eigenvalue weighted by Crippen LogP contribution is -2.63. The molecule has 108 valence electrons. The molecule has 2 rings (SSSR count). The van der Waals surface area contributed by atoms with Crippen molar-refractivity contribution in [3.8, 4) is 0 Å². The molecule has 5 nitrogen and oxygen atoms in total. The minimum atomic E-state index is -0.783. The molecule has 1 aromatic rings. The van der Waals surface area contributed by atoms with E-state index >= 15 is 0 Å². The predicted octanol–water partition coefficient (Wildman–Crippen LogP) is 1.36. The van der Waals surface area contributed by atoms with Gasteiger partial charge in [-0.15, -0.1) is 0 Å².